The van der Waals surface area contributed by atoms with Crippen molar-refractivity contribution < 1.29 is 9.90 Å². The van der Waals surface area contributed by atoms with E-state index in [2.05, 4.69) is 4.98 Å². The third-order valence-electron chi connectivity index (χ3n) is 1.37. The summed E-state index contributed by atoms with van der Waals surface area (Å²) in [6.07, 6.45) is 0. The van der Waals surface area contributed by atoms with E-state index in [-0.39, 0.29) is 16.6 Å². The van der Waals surface area contributed by atoms with Gasteiger partial charge in [0.25, 0.3) is 0 Å². The maximum absolute atomic E-state index is 10.5. The second-order valence-corrected chi connectivity index (χ2v) is 3.79. The summed E-state index contributed by atoms with van der Waals surface area (Å²) in [5.41, 5.74) is 5.43. The van der Waals surface area contributed by atoms with E-state index in [1.165, 1.54) is 11.3 Å². The van der Waals surface area contributed by atoms with Crippen molar-refractivity contribution in [1.29, 1.82) is 0 Å². The first-order valence-electron chi connectivity index (χ1n) is 3.52. The average Bonchev–Trinajstić information content (AvgIpc) is 2.30. The summed E-state index contributed by atoms with van der Waals surface area (Å²) in [5, 5.41) is 9.68. The third-order valence-corrected chi connectivity index (χ3v) is 2.55. The number of nitrogen functional groups attached to an aromatic ring is 1. The molecule has 1 aromatic rings. The molecule has 0 atom stereocenters. The minimum absolute atomic E-state index is 0.0244. The van der Waals surface area contributed by atoms with Crippen LogP contribution in [-0.4, -0.2) is 16.1 Å². The second-order valence-electron chi connectivity index (χ2n) is 2.72. The van der Waals surface area contributed by atoms with Crippen LogP contribution in [0.2, 0.25) is 0 Å². The molecule has 4 nitrogen and oxygen atoms in total. The van der Waals surface area contributed by atoms with Crippen LogP contribution >= 0.6 is 11.3 Å². The molecule has 0 aliphatic heterocycles. The minimum atomic E-state index is -1.06. The monoisotopic (exact) mass is 186 g/mol. The molecular weight excluding hydrogens is 176 g/mol. The fourth-order valence-electron chi connectivity index (χ4n) is 0.749. The molecule has 66 valence electrons. The molecule has 0 aliphatic rings. The van der Waals surface area contributed by atoms with Gasteiger partial charge in [-0.3, -0.25) is 0 Å². The number of hydrogen-bond donors (Lipinski definition) is 2. The molecule has 0 amide bonds. The average molecular weight is 186 g/mol. The van der Waals surface area contributed by atoms with Crippen molar-refractivity contribution in [3.8, 4) is 0 Å². The molecule has 0 saturated heterocycles. The van der Waals surface area contributed by atoms with Crippen LogP contribution in [0.1, 0.15) is 35.3 Å². The number of nitrogens with two attached hydrogens (primary N) is 1. The number of carboxylic acid groups (broad SMARTS) is 1. The van der Waals surface area contributed by atoms with E-state index in [4.69, 9.17) is 10.8 Å². The molecular formula is C7H10N2O2S. The molecule has 0 radical (unpaired) electrons. The number of nitrogens with zero attached hydrogens (tertiary/aromatic N) is 1. The van der Waals surface area contributed by atoms with Gasteiger partial charge in [0, 0.05) is 5.92 Å². The van der Waals surface area contributed by atoms with Crippen molar-refractivity contribution in [2.75, 3.05) is 5.73 Å². The van der Waals surface area contributed by atoms with Crippen LogP contribution in [-0.2, 0) is 0 Å². The Morgan fingerprint density at radius 1 is 1.67 bits per heavy atom. The standard InChI is InChI=1S/C7H10N2O2S/c1-3(2)6-9-4(7(10)11)5(8)12-6/h3H,8H2,1-2H3,(H,10,11). The van der Waals surface area contributed by atoms with Gasteiger partial charge in [-0.2, -0.15) is 0 Å². The topological polar surface area (TPSA) is 76.2 Å². The van der Waals surface area contributed by atoms with Crippen LogP contribution in [0.3, 0.4) is 0 Å². The van der Waals surface area contributed by atoms with Crippen LogP contribution in [0, 0.1) is 0 Å². The highest BCUT2D eigenvalue weighted by molar-refractivity contribution is 7.16. The maximum atomic E-state index is 10.5. The number of thiazole rings is 1. The van der Waals surface area contributed by atoms with Gasteiger partial charge in [-0.1, -0.05) is 13.8 Å². The molecule has 0 fully saturated rings. The summed E-state index contributed by atoms with van der Waals surface area (Å²) in [4.78, 5) is 14.4. The van der Waals surface area contributed by atoms with Crippen molar-refractivity contribution >= 4 is 22.3 Å². The van der Waals surface area contributed by atoms with Crippen molar-refractivity contribution in [3.63, 3.8) is 0 Å². The molecule has 0 bridgehead atoms. The van der Waals surface area contributed by atoms with Crippen LogP contribution in [0.4, 0.5) is 5.00 Å². The van der Waals surface area contributed by atoms with E-state index in [9.17, 15) is 4.79 Å². The highest BCUT2D eigenvalue weighted by Crippen LogP contribution is 2.26. The molecule has 1 aromatic heterocycles. The van der Waals surface area contributed by atoms with Gasteiger partial charge in [0.15, 0.2) is 5.69 Å². The largest absolute Gasteiger partial charge is 0.476 e. The molecule has 5 heteroatoms. The summed E-state index contributed by atoms with van der Waals surface area (Å²) in [6, 6.07) is 0. The van der Waals surface area contributed by atoms with E-state index < -0.39 is 5.97 Å². The highest BCUT2D eigenvalue weighted by Gasteiger charge is 2.16. The van der Waals surface area contributed by atoms with Gasteiger partial charge in [-0.15, -0.1) is 11.3 Å². The van der Waals surface area contributed by atoms with Crippen molar-refractivity contribution in [2.24, 2.45) is 0 Å². The lowest BCUT2D eigenvalue weighted by Crippen LogP contribution is -2.00. The summed E-state index contributed by atoms with van der Waals surface area (Å²) >= 11 is 1.24. The molecule has 0 unspecified atom stereocenters. The Morgan fingerprint density at radius 2 is 2.25 bits per heavy atom. The Labute approximate surface area is 74.0 Å². The number of carbonyl (C=O) groups is 1. The summed E-state index contributed by atoms with van der Waals surface area (Å²) in [5.74, 6) is -0.832. The second kappa shape index (κ2) is 3.10. The number of aromatic nitrogens is 1. The van der Waals surface area contributed by atoms with E-state index in [1.807, 2.05) is 13.8 Å². The Kier molecular flexibility index (Phi) is 2.32. The lowest BCUT2D eigenvalue weighted by Gasteiger charge is -1.94. The normalized spacial score (nSPS) is 10.6. The number of carboxylic acids is 1. The maximum Gasteiger partial charge on any atom is 0.357 e. The molecule has 0 aromatic carbocycles. The molecule has 12 heavy (non-hydrogen) atoms. The zero-order valence-electron chi connectivity index (χ0n) is 6.87. The van der Waals surface area contributed by atoms with Crippen LogP contribution in [0.25, 0.3) is 0 Å². The van der Waals surface area contributed by atoms with Gasteiger partial charge < -0.3 is 10.8 Å². The fourth-order valence-corrected chi connectivity index (χ4v) is 1.58. The number of rotatable bonds is 2. The number of aromatic carboxylic acids is 1. The smallest absolute Gasteiger partial charge is 0.357 e. The van der Waals surface area contributed by atoms with E-state index >= 15 is 0 Å². The van der Waals surface area contributed by atoms with Crippen LogP contribution in [0.5, 0.6) is 0 Å². The Bertz CT molecular complexity index is 306. The fraction of sp³-hybridized carbons (Fsp3) is 0.429. The van der Waals surface area contributed by atoms with Gasteiger partial charge in [0.1, 0.15) is 5.00 Å². The number of hydrogen-bond acceptors (Lipinski definition) is 4. The molecule has 0 saturated carbocycles. The van der Waals surface area contributed by atoms with E-state index in [1.54, 1.807) is 0 Å². The van der Waals surface area contributed by atoms with Gasteiger partial charge in [-0.05, 0) is 0 Å². The van der Waals surface area contributed by atoms with Gasteiger partial charge in [0.2, 0.25) is 0 Å². The Hall–Kier alpha value is -1.10. The van der Waals surface area contributed by atoms with Gasteiger partial charge >= 0.3 is 5.97 Å². The predicted octanol–water partition coefficient (Wildman–Crippen LogP) is 1.55. The first-order chi connectivity index (χ1) is 5.52. The lowest BCUT2D eigenvalue weighted by atomic mass is 10.2. The zero-order chi connectivity index (χ0) is 9.30. The van der Waals surface area contributed by atoms with Gasteiger partial charge in [0.05, 0.1) is 5.01 Å². The summed E-state index contributed by atoms with van der Waals surface area (Å²) < 4.78 is 0. The van der Waals surface area contributed by atoms with Crippen LogP contribution < -0.4 is 5.73 Å². The lowest BCUT2D eigenvalue weighted by molar-refractivity contribution is 0.0692. The van der Waals surface area contributed by atoms with Gasteiger partial charge in [-0.25, -0.2) is 9.78 Å². The molecule has 1 heterocycles. The third kappa shape index (κ3) is 1.55. The zero-order valence-corrected chi connectivity index (χ0v) is 7.68. The minimum Gasteiger partial charge on any atom is -0.476 e. The first-order valence-corrected chi connectivity index (χ1v) is 4.33. The Balaban J connectivity index is 3.09. The van der Waals surface area contributed by atoms with E-state index in [0.717, 1.165) is 5.01 Å². The Morgan fingerprint density at radius 3 is 2.50 bits per heavy atom. The SMILES string of the molecule is CC(C)c1nc(C(=O)O)c(N)s1. The molecule has 3 N–H and O–H groups in total. The van der Waals surface area contributed by atoms with E-state index in [0.29, 0.717) is 0 Å². The van der Waals surface area contributed by atoms with Crippen LogP contribution in [0.15, 0.2) is 0 Å². The van der Waals surface area contributed by atoms with Crippen molar-refractivity contribution in [2.45, 2.75) is 19.8 Å². The predicted molar refractivity (Wildman–Crippen MR) is 47.6 cm³/mol. The highest BCUT2D eigenvalue weighted by atomic mass is 32.1. The summed E-state index contributed by atoms with van der Waals surface area (Å²) in [7, 11) is 0. The molecule has 1 rings (SSSR count). The molecule has 0 aliphatic carbocycles. The summed E-state index contributed by atoms with van der Waals surface area (Å²) in [6.45, 7) is 3.90. The first kappa shape index (κ1) is 8.99. The van der Waals surface area contributed by atoms with Crippen molar-refractivity contribution in [1.82, 2.24) is 4.98 Å². The van der Waals surface area contributed by atoms with Crippen molar-refractivity contribution in [3.05, 3.63) is 10.7 Å². The quantitative estimate of drug-likeness (QED) is 0.734. The molecule has 0 spiro atoms. The number of anilines is 1.